The molecule has 29 heavy (non-hydrogen) atoms. The summed E-state index contributed by atoms with van der Waals surface area (Å²) < 4.78 is 16.3. The van der Waals surface area contributed by atoms with Crippen LogP contribution in [0.2, 0.25) is 0 Å². The number of nitrogens with zero attached hydrogens (tertiary/aromatic N) is 2. The second-order valence-corrected chi connectivity index (χ2v) is 6.42. The van der Waals surface area contributed by atoms with Crippen LogP contribution in [0.4, 0.5) is 5.95 Å². The summed E-state index contributed by atoms with van der Waals surface area (Å²) in [6, 6.07) is 17.7. The molecule has 0 amide bonds. The minimum absolute atomic E-state index is 0.212. The van der Waals surface area contributed by atoms with E-state index in [9.17, 15) is 0 Å². The first-order valence-electron chi connectivity index (χ1n) is 9.07. The molecule has 0 spiro atoms. The first-order chi connectivity index (χ1) is 14.2. The van der Waals surface area contributed by atoms with Crippen molar-refractivity contribution in [3.8, 4) is 39.6 Å². The van der Waals surface area contributed by atoms with Crippen LogP contribution in [0.1, 0.15) is 0 Å². The molecule has 0 fully saturated rings. The zero-order valence-electron chi connectivity index (χ0n) is 16.5. The van der Waals surface area contributed by atoms with E-state index in [1.807, 2.05) is 54.6 Å². The molecule has 6 heteroatoms. The van der Waals surface area contributed by atoms with Gasteiger partial charge in [-0.3, -0.25) is 0 Å². The van der Waals surface area contributed by atoms with E-state index in [1.165, 1.54) is 0 Å². The minimum atomic E-state index is 0.212. The number of hydrogen-bond donors (Lipinski definition) is 1. The minimum Gasteiger partial charge on any atom is -0.496 e. The zero-order valence-corrected chi connectivity index (χ0v) is 16.5. The van der Waals surface area contributed by atoms with E-state index in [0.717, 1.165) is 38.9 Å². The van der Waals surface area contributed by atoms with Crippen molar-refractivity contribution in [3.63, 3.8) is 0 Å². The fraction of sp³-hybridized carbons (Fsp3) is 0.130. The van der Waals surface area contributed by atoms with Gasteiger partial charge in [0.15, 0.2) is 11.5 Å². The van der Waals surface area contributed by atoms with Gasteiger partial charge < -0.3 is 19.9 Å². The van der Waals surface area contributed by atoms with Crippen LogP contribution in [0, 0.1) is 0 Å². The number of aromatic nitrogens is 2. The molecule has 0 saturated carbocycles. The molecule has 3 aromatic carbocycles. The van der Waals surface area contributed by atoms with Gasteiger partial charge in [0.1, 0.15) is 5.75 Å². The monoisotopic (exact) mass is 387 g/mol. The van der Waals surface area contributed by atoms with Gasteiger partial charge in [0.2, 0.25) is 5.95 Å². The van der Waals surface area contributed by atoms with E-state index in [4.69, 9.17) is 19.9 Å². The molecule has 0 aliphatic carbocycles. The van der Waals surface area contributed by atoms with E-state index in [2.05, 4.69) is 9.97 Å². The highest BCUT2D eigenvalue weighted by atomic mass is 16.5. The number of nitrogens with two attached hydrogens (primary N) is 1. The molecule has 4 aromatic rings. The lowest BCUT2D eigenvalue weighted by Crippen LogP contribution is -2.00. The smallest absolute Gasteiger partial charge is 0.220 e. The number of methoxy groups -OCH3 is 3. The molecule has 2 N–H and O–H groups in total. The van der Waals surface area contributed by atoms with Gasteiger partial charge in [-0.1, -0.05) is 30.3 Å². The fourth-order valence-corrected chi connectivity index (χ4v) is 3.47. The van der Waals surface area contributed by atoms with E-state index in [0.29, 0.717) is 11.5 Å². The van der Waals surface area contributed by atoms with Gasteiger partial charge in [0, 0.05) is 22.7 Å². The second-order valence-electron chi connectivity index (χ2n) is 6.42. The lowest BCUT2D eigenvalue weighted by Gasteiger charge is -2.15. The summed E-state index contributed by atoms with van der Waals surface area (Å²) in [5, 5.41) is 2.02. The van der Waals surface area contributed by atoms with Gasteiger partial charge in [-0.05, 0) is 35.2 Å². The molecule has 0 saturated heterocycles. The molecule has 0 unspecified atom stereocenters. The Morgan fingerprint density at radius 3 is 2.14 bits per heavy atom. The van der Waals surface area contributed by atoms with Crippen molar-refractivity contribution in [2.45, 2.75) is 0 Å². The third-order valence-electron chi connectivity index (χ3n) is 4.86. The van der Waals surface area contributed by atoms with E-state index in [-0.39, 0.29) is 5.95 Å². The summed E-state index contributed by atoms with van der Waals surface area (Å²) >= 11 is 0. The van der Waals surface area contributed by atoms with Crippen molar-refractivity contribution in [2.24, 2.45) is 0 Å². The van der Waals surface area contributed by atoms with Crippen LogP contribution >= 0.6 is 0 Å². The Labute approximate surface area is 168 Å². The van der Waals surface area contributed by atoms with Gasteiger partial charge in [-0.2, -0.15) is 0 Å². The second kappa shape index (κ2) is 7.67. The lowest BCUT2D eigenvalue weighted by atomic mass is 9.95. The van der Waals surface area contributed by atoms with Crippen molar-refractivity contribution in [1.82, 2.24) is 9.97 Å². The van der Waals surface area contributed by atoms with Crippen molar-refractivity contribution in [1.29, 1.82) is 0 Å². The highest BCUT2D eigenvalue weighted by Crippen LogP contribution is 2.40. The van der Waals surface area contributed by atoms with Gasteiger partial charge in [-0.25, -0.2) is 9.97 Å². The maximum atomic E-state index is 5.95. The van der Waals surface area contributed by atoms with Crippen LogP contribution in [-0.2, 0) is 0 Å². The third-order valence-corrected chi connectivity index (χ3v) is 4.86. The molecule has 0 aliphatic heterocycles. The van der Waals surface area contributed by atoms with Crippen molar-refractivity contribution >= 4 is 16.7 Å². The first-order valence-corrected chi connectivity index (χ1v) is 9.07. The summed E-state index contributed by atoms with van der Waals surface area (Å²) in [5.74, 6) is 2.31. The standard InChI is InChI=1S/C23H21N3O3/c1-27-19-11-9-17(15-6-4-5-7-16(15)19)22-18(13-25-23(24)26-22)14-8-10-20(28-2)21(12-14)29-3/h4-13H,1-3H3,(H2,24,25,26). The Morgan fingerprint density at radius 2 is 1.41 bits per heavy atom. The quantitative estimate of drug-likeness (QED) is 0.540. The number of ether oxygens (including phenoxy) is 3. The number of fused-ring (bicyclic) bond motifs is 1. The molecule has 0 atom stereocenters. The van der Waals surface area contributed by atoms with E-state index < -0.39 is 0 Å². The van der Waals surface area contributed by atoms with Crippen LogP contribution in [0.5, 0.6) is 17.2 Å². The van der Waals surface area contributed by atoms with E-state index >= 15 is 0 Å². The Balaban J connectivity index is 1.98. The molecule has 146 valence electrons. The van der Waals surface area contributed by atoms with Crippen molar-refractivity contribution in [2.75, 3.05) is 27.1 Å². The number of benzene rings is 3. The zero-order chi connectivity index (χ0) is 20.4. The number of anilines is 1. The Kier molecular flexibility index (Phi) is 4.91. The summed E-state index contributed by atoms with van der Waals surface area (Å²) in [6.45, 7) is 0. The number of hydrogen-bond acceptors (Lipinski definition) is 6. The third kappa shape index (κ3) is 3.29. The molecule has 1 aromatic heterocycles. The average Bonchev–Trinajstić information content (AvgIpc) is 2.77. The Morgan fingerprint density at radius 1 is 0.724 bits per heavy atom. The highest BCUT2D eigenvalue weighted by molar-refractivity contribution is 6.02. The molecule has 1 heterocycles. The summed E-state index contributed by atoms with van der Waals surface area (Å²) in [6.07, 6.45) is 1.73. The maximum absolute atomic E-state index is 5.95. The largest absolute Gasteiger partial charge is 0.496 e. The van der Waals surface area contributed by atoms with Gasteiger partial charge in [0.05, 0.1) is 27.0 Å². The Hall–Kier alpha value is -3.80. The number of rotatable bonds is 5. The van der Waals surface area contributed by atoms with Gasteiger partial charge >= 0.3 is 0 Å². The highest BCUT2D eigenvalue weighted by Gasteiger charge is 2.16. The molecular weight excluding hydrogens is 366 g/mol. The average molecular weight is 387 g/mol. The molecule has 0 bridgehead atoms. The molecule has 6 nitrogen and oxygen atoms in total. The van der Waals surface area contributed by atoms with Crippen LogP contribution in [0.25, 0.3) is 33.2 Å². The molecule has 0 radical (unpaired) electrons. The first kappa shape index (κ1) is 18.6. The van der Waals surface area contributed by atoms with Gasteiger partial charge in [0.25, 0.3) is 0 Å². The summed E-state index contributed by atoms with van der Waals surface area (Å²) in [7, 11) is 4.89. The van der Waals surface area contributed by atoms with Crippen LogP contribution < -0.4 is 19.9 Å². The summed E-state index contributed by atoms with van der Waals surface area (Å²) in [5.41, 5.74) is 9.38. The van der Waals surface area contributed by atoms with Crippen molar-refractivity contribution < 1.29 is 14.2 Å². The Bertz CT molecular complexity index is 1190. The molecule has 0 aliphatic rings. The SMILES string of the molecule is COc1ccc(-c2cnc(N)nc2-c2ccc(OC)c3ccccc23)cc1OC. The fourth-order valence-electron chi connectivity index (χ4n) is 3.47. The molecule has 4 rings (SSSR count). The predicted molar refractivity (Wildman–Crippen MR) is 114 cm³/mol. The summed E-state index contributed by atoms with van der Waals surface area (Å²) in [4.78, 5) is 8.80. The maximum Gasteiger partial charge on any atom is 0.220 e. The van der Waals surface area contributed by atoms with Gasteiger partial charge in [-0.15, -0.1) is 0 Å². The normalized spacial score (nSPS) is 10.7. The van der Waals surface area contributed by atoms with Crippen LogP contribution in [0.3, 0.4) is 0 Å². The predicted octanol–water partition coefficient (Wildman–Crippen LogP) is 4.57. The lowest BCUT2D eigenvalue weighted by molar-refractivity contribution is 0.355. The van der Waals surface area contributed by atoms with Crippen LogP contribution in [0.15, 0.2) is 60.8 Å². The number of nitrogen functional groups attached to an aromatic ring is 1. The van der Waals surface area contributed by atoms with Crippen LogP contribution in [-0.4, -0.2) is 31.3 Å². The van der Waals surface area contributed by atoms with Crippen molar-refractivity contribution in [3.05, 3.63) is 60.8 Å². The topological polar surface area (TPSA) is 79.5 Å². The van der Waals surface area contributed by atoms with E-state index in [1.54, 1.807) is 27.5 Å². The molecular formula is C23H21N3O3.